The molecule has 3 fully saturated rings. The zero-order valence-electron chi connectivity index (χ0n) is 25.2. The highest BCUT2D eigenvalue weighted by Gasteiger charge is 2.61. The average Bonchev–Trinajstić information content (AvgIpc) is 3.62. The van der Waals surface area contributed by atoms with Crippen molar-refractivity contribution in [3.63, 3.8) is 0 Å². The van der Waals surface area contributed by atoms with Crippen LogP contribution in [0.25, 0.3) is 0 Å². The first kappa shape index (κ1) is 30.9. The van der Waals surface area contributed by atoms with Crippen LogP contribution in [0.1, 0.15) is 53.5 Å². The van der Waals surface area contributed by atoms with Crippen molar-refractivity contribution in [2.45, 2.75) is 42.7 Å². The number of halogens is 2. The molecule has 3 atom stereocenters. The van der Waals surface area contributed by atoms with Gasteiger partial charge in [-0.1, -0.05) is 47.3 Å². The van der Waals surface area contributed by atoms with Crippen LogP contribution in [0.2, 0.25) is 10.0 Å². The largest absolute Gasteiger partial charge is 0.490 e. The van der Waals surface area contributed by atoms with Gasteiger partial charge in [0, 0.05) is 78.2 Å². The number of amides is 6. The minimum atomic E-state index is -1.31. The van der Waals surface area contributed by atoms with E-state index in [-0.39, 0.29) is 36.4 Å². The van der Waals surface area contributed by atoms with Gasteiger partial charge in [0.05, 0.1) is 6.04 Å². The molecule has 47 heavy (non-hydrogen) atoms. The van der Waals surface area contributed by atoms with Crippen LogP contribution in [-0.4, -0.2) is 66.0 Å². The van der Waals surface area contributed by atoms with Gasteiger partial charge in [0.2, 0.25) is 11.8 Å². The summed E-state index contributed by atoms with van der Waals surface area (Å²) in [5.41, 5.74) is 1.81. The Morgan fingerprint density at radius 2 is 1.77 bits per heavy atom. The predicted octanol–water partition coefficient (Wildman–Crippen LogP) is 5.20. The summed E-state index contributed by atoms with van der Waals surface area (Å²) in [6.45, 7) is 1.59. The lowest BCUT2D eigenvalue weighted by atomic mass is 9.59. The second-order valence-electron chi connectivity index (χ2n) is 12.2. The third-order valence-corrected chi connectivity index (χ3v) is 10.1. The minimum Gasteiger partial charge on any atom is -0.490 e. The van der Waals surface area contributed by atoms with Gasteiger partial charge in [-0.05, 0) is 53.6 Å². The van der Waals surface area contributed by atoms with Gasteiger partial charge in [-0.25, -0.2) is 14.5 Å². The Kier molecular flexibility index (Phi) is 7.98. The summed E-state index contributed by atoms with van der Waals surface area (Å²) in [4.78, 5) is 55.9. The molecule has 6 amide bonds. The number of rotatable bonds is 4. The number of carbonyl (C=O) groups excluding carboxylic acids is 4. The first-order chi connectivity index (χ1) is 22.7. The van der Waals surface area contributed by atoms with Crippen molar-refractivity contribution in [1.29, 1.82) is 0 Å². The molecule has 3 aromatic carbocycles. The van der Waals surface area contributed by atoms with E-state index >= 15 is 0 Å². The highest BCUT2D eigenvalue weighted by molar-refractivity contribution is 6.31. The SMILES string of the molecule is C#Cc1ccc(OC2CCN(C(=O)N3CCNC3=O)CC2)c(C2NC(=O)CC(c3cccc(Cl)c3)C23C(=O)Nc2cc(Cl)ccc23)c1. The first-order valence-electron chi connectivity index (χ1n) is 15.5. The molecule has 4 aliphatic heterocycles. The molecule has 7 rings (SSSR count). The van der Waals surface area contributed by atoms with Gasteiger partial charge in [0.1, 0.15) is 17.3 Å². The zero-order valence-corrected chi connectivity index (χ0v) is 26.7. The molecule has 0 bridgehead atoms. The predicted molar refractivity (Wildman–Crippen MR) is 177 cm³/mol. The van der Waals surface area contributed by atoms with Crippen LogP contribution in [0.15, 0.2) is 60.7 Å². The fraction of sp³-hybridized carbons (Fsp3) is 0.314. The molecule has 3 aromatic rings. The maximum Gasteiger partial charge on any atom is 0.328 e. The van der Waals surface area contributed by atoms with Crippen LogP contribution in [-0.2, 0) is 15.0 Å². The zero-order chi connectivity index (χ0) is 32.9. The van der Waals surface area contributed by atoms with Gasteiger partial charge < -0.3 is 25.6 Å². The van der Waals surface area contributed by atoms with Crippen LogP contribution in [0.4, 0.5) is 15.3 Å². The number of imide groups is 1. The van der Waals surface area contributed by atoms with E-state index in [9.17, 15) is 19.2 Å². The highest BCUT2D eigenvalue weighted by Crippen LogP contribution is 2.58. The lowest BCUT2D eigenvalue weighted by molar-refractivity contribution is -0.131. The van der Waals surface area contributed by atoms with Crippen LogP contribution >= 0.6 is 23.2 Å². The quantitative estimate of drug-likeness (QED) is 0.330. The van der Waals surface area contributed by atoms with Gasteiger partial charge in [-0.15, -0.1) is 6.42 Å². The van der Waals surface area contributed by atoms with Crippen LogP contribution in [0, 0.1) is 12.3 Å². The number of urea groups is 2. The summed E-state index contributed by atoms with van der Waals surface area (Å²) < 4.78 is 6.63. The van der Waals surface area contributed by atoms with Crippen molar-refractivity contribution in [3.05, 3.63) is 93.0 Å². The smallest absolute Gasteiger partial charge is 0.328 e. The average molecular weight is 673 g/mol. The third-order valence-electron chi connectivity index (χ3n) is 9.58. The van der Waals surface area contributed by atoms with Crippen molar-refractivity contribution < 1.29 is 23.9 Å². The highest BCUT2D eigenvalue weighted by atomic mass is 35.5. The molecule has 3 saturated heterocycles. The fourth-order valence-corrected chi connectivity index (χ4v) is 7.78. The number of nitrogens with one attached hydrogen (secondary N) is 3. The Balaban J connectivity index is 1.28. The van der Waals surface area contributed by atoms with Gasteiger partial charge in [0.25, 0.3) is 0 Å². The normalized spacial score (nSPS) is 24.0. The molecule has 1 spiro atoms. The van der Waals surface area contributed by atoms with Gasteiger partial charge >= 0.3 is 12.1 Å². The molecule has 12 heteroatoms. The molecule has 0 radical (unpaired) electrons. The molecule has 3 unspecified atom stereocenters. The Hall–Kier alpha value is -4.72. The monoisotopic (exact) mass is 671 g/mol. The summed E-state index contributed by atoms with van der Waals surface area (Å²) in [5, 5.41) is 9.79. The van der Waals surface area contributed by atoms with Crippen molar-refractivity contribution in [2.75, 3.05) is 31.5 Å². The minimum absolute atomic E-state index is 0.0406. The number of anilines is 1. The first-order valence-corrected chi connectivity index (χ1v) is 16.2. The van der Waals surface area contributed by atoms with E-state index in [2.05, 4.69) is 21.9 Å². The molecule has 240 valence electrons. The van der Waals surface area contributed by atoms with E-state index in [0.29, 0.717) is 77.2 Å². The Morgan fingerprint density at radius 3 is 2.49 bits per heavy atom. The Bertz CT molecular complexity index is 1850. The summed E-state index contributed by atoms with van der Waals surface area (Å²) in [6, 6.07) is 16.2. The number of hydrogen-bond donors (Lipinski definition) is 3. The molecule has 0 aliphatic carbocycles. The fourth-order valence-electron chi connectivity index (χ4n) is 7.41. The van der Waals surface area contributed by atoms with Crippen LogP contribution in [0.3, 0.4) is 0 Å². The molecule has 0 aromatic heterocycles. The number of ether oxygens (including phenoxy) is 1. The van der Waals surface area contributed by atoms with E-state index in [0.717, 1.165) is 5.56 Å². The molecular weight excluding hydrogens is 641 g/mol. The van der Waals surface area contributed by atoms with Crippen molar-refractivity contribution in [3.8, 4) is 18.1 Å². The molecule has 10 nitrogen and oxygen atoms in total. The van der Waals surface area contributed by atoms with Crippen molar-refractivity contribution in [2.24, 2.45) is 0 Å². The standard InChI is InChI=1S/C35H31Cl2N5O5/c1-2-20-6-9-29(47-24-10-13-41(14-11-24)34(46)42-15-12-38-33(42)45)25(16-20)31-35(26-8-7-23(37)18-28(26)39-32(35)44)27(19-30(43)40-31)21-4-3-5-22(36)17-21/h1,3-9,16-18,24,27,31H,10-15,19H2,(H,38,45)(H,39,44)(H,40,43). The summed E-state index contributed by atoms with van der Waals surface area (Å²) >= 11 is 12.8. The number of likely N-dealkylation sites (tertiary alicyclic amines) is 1. The van der Waals surface area contributed by atoms with E-state index < -0.39 is 17.4 Å². The maximum atomic E-state index is 14.5. The van der Waals surface area contributed by atoms with Gasteiger partial charge in [0.15, 0.2) is 0 Å². The third kappa shape index (κ3) is 5.33. The second-order valence-corrected chi connectivity index (χ2v) is 13.1. The number of hydrogen-bond acceptors (Lipinski definition) is 5. The van der Waals surface area contributed by atoms with Gasteiger partial charge in [-0.2, -0.15) is 0 Å². The number of fused-ring (bicyclic) bond motifs is 2. The maximum absolute atomic E-state index is 14.5. The van der Waals surface area contributed by atoms with Gasteiger partial charge in [-0.3, -0.25) is 9.59 Å². The Labute approximate surface area is 281 Å². The topological polar surface area (TPSA) is 120 Å². The Morgan fingerprint density at radius 1 is 0.979 bits per heavy atom. The number of terminal acetylenes is 1. The van der Waals surface area contributed by atoms with Crippen LogP contribution in [0.5, 0.6) is 5.75 Å². The molecular formula is C35H31Cl2N5O5. The van der Waals surface area contributed by atoms with Crippen molar-refractivity contribution in [1.82, 2.24) is 20.4 Å². The van der Waals surface area contributed by atoms with E-state index in [1.165, 1.54) is 4.90 Å². The molecule has 4 heterocycles. The summed E-state index contributed by atoms with van der Waals surface area (Å²) in [6.07, 6.45) is 6.67. The van der Waals surface area contributed by atoms with E-state index in [4.69, 9.17) is 34.4 Å². The van der Waals surface area contributed by atoms with E-state index in [1.807, 2.05) is 18.2 Å². The molecule has 0 saturated carbocycles. The van der Waals surface area contributed by atoms with Crippen LogP contribution < -0.4 is 20.7 Å². The van der Waals surface area contributed by atoms with Crippen molar-refractivity contribution >= 4 is 52.8 Å². The number of nitrogens with zero attached hydrogens (tertiary/aromatic N) is 2. The molecule has 3 N–H and O–H groups in total. The summed E-state index contributed by atoms with van der Waals surface area (Å²) in [5.74, 6) is 2.02. The lowest BCUT2D eigenvalue weighted by Crippen LogP contribution is -2.57. The number of carbonyl (C=O) groups is 4. The number of piperidine rings is 2. The lowest BCUT2D eigenvalue weighted by Gasteiger charge is -2.47. The van der Waals surface area contributed by atoms with E-state index in [1.54, 1.807) is 47.4 Å². The molecule has 4 aliphatic rings. The number of benzene rings is 3. The summed E-state index contributed by atoms with van der Waals surface area (Å²) in [7, 11) is 0. The second kappa shape index (κ2) is 12.1.